The van der Waals surface area contributed by atoms with Gasteiger partial charge in [-0.15, -0.1) is 6.42 Å². The molecule has 2 nitrogen and oxygen atoms in total. The summed E-state index contributed by atoms with van der Waals surface area (Å²) in [4.78, 5) is 4.99. The number of halogens is 2. The maximum atomic E-state index is 6.37. The van der Waals surface area contributed by atoms with Crippen LogP contribution in [0.15, 0.2) is 84.0 Å². The molecule has 3 aromatic carbocycles. The zero-order valence-corrected chi connectivity index (χ0v) is 18.4. The van der Waals surface area contributed by atoms with Gasteiger partial charge >= 0.3 is 0 Å². The molecular formula is C25H18Cl2N2S. The lowest BCUT2D eigenvalue weighted by Gasteiger charge is -2.11. The lowest BCUT2D eigenvalue weighted by Crippen LogP contribution is -2.01. The molecule has 0 amide bonds. The van der Waals surface area contributed by atoms with Crippen molar-refractivity contribution in [3.05, 3.63) is 94.5 Å². The van der Waals surface area contributed by atoms with E-state index < -0.39 is 0 Å². The van der Waals surface area contributed by atoms with Gasteiger partial charge < -0.3 is 4.57 Å². The summed E-state index contributed by atoms with van der Waals surface area (Å²) >= 11 is 14.3. The van der Waals surface area contributed by atoms with Crippen molar-refractivity contribution in [3.63, 3.8) is 0 Å². The fourth-order valence-corrected chi connectivity index (χ4v) is 5.01. The third kappa shape index (κ3) is 4.27. The molecular weight excluding hydrogens is 431 g/mol. The molecule has 148 valence electrons. The number of thioether (sulfide) groups is 1. The van der Waals surface area contributed by atoms with E-state index >= 15 is 0 Å². The second kappa shape index (κ2) is 9.45. The van der Waals surface area contributed by atoms with Gasteiger partial charge in [0.25, 0.3) is 0 Å². The second-order valence-electron chi connectivity index (χ2n) is 6.60. The van der Waals surface area contributed by atoms with E-state index in [2.05, 4.69) is 34.8 Å². The van der Waals surface area contributed by atoms with E-state index in [0.29, 0.717) is 22.3 Å². The van der Waals surface area contributed by atoms with Crippen molar-refractivity contribution in [2.24, 2.45) is 0 Å². The van der Waals surface area contributed by atoms with Crippen molar-refractivity contribution in [2.45, 2.75) is 17.5 Å². The highest BCUT2D eigenvalue weighted by molar-refractivity contribution is 7.98. The summed E-state index contributed by atoms with van der Waals surface area (Å²) in [7, 11) is 0. The van der Waals surface area contributed by atoms with Gasteiger partial charge in [-0.05, 0) is 17.7 Å². The standard InChI is InChI=1S/C25H18Cl2N2S/c1-2-16-29-24(19-12-7-4-8-13-19)23(18-10-5-3-6-11-18)28-25(29)30-17-20-21(26)14-9-15-22(20)27/h1,3-15H,16-17H2. The molecule has 0 fully saturated rings. The Morgan fingerprint density at radius 2 is 1.43 bits per heavy atom. The third-order valence-electron chi connectivity index (χ3n) is 4.68. The van der Waals surface area contributed by atoms with Crippen LogP contribution < -0.4 is 0 Å². The molecule has 0 saturated heterocycles. The van der Waals surface area contributed by atoms with E-state index in [9.17, 15) is 0 Å². The largest absolute Gasteiger partial charge is 0.307 e. The van der Waals surface area contributed by atoms with Crippen LogP contribution >= 0.6 is 35.0 Å². The highest BCUT2D eigenvalue weighted by Gasteiger charge is 2.20. The fourth-order valence-electron chi connectivity index (χ4n) is 3.27. The minimum Gasteiger partial charge on any atom is -0.307 e. The molecule has 0 bridgehead atoms. The summed E-state index contributed by atoms with van der Waals surface area (Å²) in [6.45, 7) is 0.419. The van der Waals surface area contributed by atoms with Crippen LogP contribution in [0.25, 0.3) is 22.5 Å². The Balaban J connectivity index is 1.83. The molecule has 0 radical (unpaired) electrons. The molecule has 0 unspecified atom stereocenters. The van der Waals surface area contributed by atoms with E-state index in [4.69, 9.17) is 34.6 Å². The highest BCUT2D eigenvalue weighted by atomic mass is 35.5. The highest BCUT2D eigenvalue weighted by Crippen LogP contribution is 2.38. The number of aromatic nitrogens is 2. The van der Waals surface area contributed by atoms with E-state index in [1.54, 1.807) is 11.8 Å². The van der Waals surface area contributed by atoms with Gasteiger partial charge in [-0.3, -0.25) is 0 Å². The molecule has 0 saturated carbocycles. The number of hydrogen-bond acceptors (Lipinski definition) is 2. The smallest absolute Gasteiger partial charge is 0.170 e. The molecule has 4 aromatic rings. The first-order valence-electron chi connectivity index (χ1n) is 9.39. The Labute approximate surface area is 190 Å². The summed E-state index contributed by atoms with van der Waals surface area (Å²) in [6.07, 6.45) is 5.73. The Bertz CT molecular complexity index is 1180. The Morgan fingerprint density at radius 1 is 0.833 bits per heavy atom. The van der Waals surface area contributed by atoms with Crippen molar-refractivity contribution in [1.82, 2.24) is 9.55 Å². The average molecular weight is 449 g/mol. The molecule has 0 aliphatic carbocycles. The first kappa shape index (κ1) is 20.6. The predicted molar refractivity (Wildman–Crippen MR) is 128 cm³/mol. The first-order chi connectivity index (χ1) is 14.7. The van der Waals surface area contributed by atoms with E-state index in [0.717, 1.165) is 33.2 Å². The lowest BCUT2D eigenvalue weighted by atomic mass is 10.0. The molecule has 5 heteroatoms. The minimum atomic E-state index is 0.419. The molecule has 0 aliphatic heterocycles. The van der Waals surface area contributed by atoms with Gasteiger partial charge in [0, 0.05) is 26.9 Å². The van der Waals surface area contributed by atoms with Crippen LogP contribution in [0.2, 0.25) is 10.0 Å². The Hall–Kier alpha value is -2.64. The number of terminal acetylenes is 1. The molecule has 4 rings (SSSR count). The first-order valence-corrected chi connectivity index (χ1v) is 11.1. The van der Waals surface area contributed by atoms with E-state index in [-0.39, 0.29) is 0 Å². The SMILES string of the molecule is C#CCn1c(SCc2c(Cl)cccc2Cl)nc(-c2ccccc2)c1-c1ccccc1. The van der Waals surface area contributed by atoms with Crippen LogP contribution in [0.3, 0.4) is 0 Å². The van der Waals surface area contributed by atoms with Crippen LogP contribution in [-0.4, -0.2) is 9.55 Å². The summed E-state index contributed by atoms with van der Waals surface area (Å²) in [5.74, 6) is 3.38. The normalized spacial score (nSPS) is 10.7. The van der Waals surface area contributed by atoms with Gasteiger partial charge in [-0.1, -0.05) is 108 Å². The molecule has 0 aliphatic rings. The minimum absolute atomic E-state index is 0.419. The van der Waals surface area contributed by atoms with Crippen LogP contribution in [-0.2, 0) is 12.3 Å². The topological polar surface area (TPSA) is 17.8 Å². The summed E-state index contributed by atoms with van der Waals surface area (Å²) in [5, 5.41) is 2.13. The van der Waals surface area contributed by atoms with Crippen LogP contribution in [0.1, 0.15) is 5.56 Å². The van der Waals surface area contributed by atoms with Crippen molar-refractivity contribution < 1.29 is 0 Å². The third-order valence-corrected chi connectivity index (χ3v) is 6.39. The number of benzene rings is 3. The second-order valence-corrected chi connectivity index (χ2v) is 8.36. The van der Waals surface area contributed by atoms with Gasteiger partial charge in [0.15, 0.2) is 5.16 Å². The quantitative estimate of drug-likeness (QED) is 0.225. The van der Waals surface area contributed by atoms with Gasteiger partial charge in [-0.2, -0.15) is 0 Å². The van der Waals surface area contributed by atoms with Crippen molar-refractivity contribution in [2.75, 3.05) is 0 Å². The number of imidazole rings is 1. The predicted octanol–water partition coefficient (Wildman–Crippen LogP) is 7.45. The summed E-state index contributed by atoms with van der Waals surface area (Å²) in [6, 6.07) is 25.9. The lowest BCUT2D eigenvalue weighted by molar-refractivity contribution is 0.745. The average Bonchev–Trinajstić information content (AvgIpc) is 3.13. The van der Waals surface area contributed by atoms with Crippen LogP contribution in [0.4, 0.5) is 0 Å². The fraction of sp³-hybridized carbons (Fsp3) is 0.0800. The molecule has 0 atom stereocenters. The van der Waals surface area contributed by atoms with Crippen LogP contribution in [0.5, 0.6) is 0 Å². The molecule has 0 N–H and O–H groups in total. The number of nitrogens with zero attached hydrogens (tertiary/aromatic N) is 2. The van der Waals surface area contributed by atoms with Crippen molar-refractivity contribution in [3.8, 4) is 34.9 Å². The van der Waals surface area contributed by atoms with Gasteiger partial charge in [0.05, 0.1) is 17.9 Å². The summed E-state index contributed by atoms with van der Waals surface area (Å²) < 4.78 is 2.09. The van der Waals surface area contributed by atoms with Gasteiger partial charge in [-0.25, -0.2) is 4.98 Å². The van der Waals surface area contributed by atoms with Crippen molar-refractivity contribution in [1.29, 1.82) is 0 Å². The van der Waals surface area contributed by atoms with E-state index in [1.165, 1.54) is 0 Å². The monoisotopic (exact) mass is 448 g/mol. The van der Waals surface area contributed by atoms with Gasteiger partial charge in [0.1, 0.15) is 0 Å². The number of rotatable bonds is 6. The maximum Gasteiger partial charge on any atom is 0.170 e. The van der Waals surface area contributed by atoms with Crippen LogP contribution in [0, 0.1) is 12.3 Å². The Morgan fingerprint density at radius 3 is 2.03 bits per heavy atom. The van der Waals surface area contributed by atoms with Gasteiger partial charge in [0.2, 0.25) is 0 Å². The zero-order valence-electron chi connectivity index (χ0n) is 16.1. The maximum absolute atomic E-state index is 6.37. The molecule has 1 aromatic heterocycles. The zero-order chi connectivity index (χ0) is 20.9. The Kier molecular flexibility index (Phi) is 6.50. The number of hydrogen-bond donors (Lipinski definition) is 0. The molecule has 0 spiro atoms. The summed E-state index contributed by atoms with van der Waals surface area (Å²) in [5.41, 5.74) is 4.92. The van der Waals surface area contributed by atoms with Crippen molar-refractivity contribution >= 4 is 35.0 Å². The molecule has 30 heavy (non-hydrogen) atoms. The molecule has 1 heterocycles. The van der Waals surface area contributed by atoms with E-state index in [1.807, 2.05) is 54.6 Å².